The van der Waals surface area contributed by atoms with Crippen LogP contribution < -0.4 is 0 Å². The molecule has 0 radical (unpaired) electrons. The van der Waals surface area contributed by atoms with Crippen LogP contribution in [0.5, 0.6) is 0 Å². The van der Waals surface area contributed by atoms with E-state index in [0.717, 1.165) is 22.7 Å². The van der Waals surface area contributed by atoms with Gasteiger partial charge in [0.2, 0.25) is 0 Å². The fourth-order valence-electron chi connectivity index (χ4n) is 1.52. The van der Waals surface area contributed by atoms with E-state index in [1.54, 1.807) is 0 Å². The Morgan fingerprint density at radius 1 is 1.13 bits per heavy atom. The molecule has 0 bridgehead atoms. The number of hydrogen-bond donors (Lipinski definition) is 0. The highest BCUT2D eigenvalue weighted by atomic mass is 35.5. The molecule has 0 fully saturated rings. The summed E-state index contributed by atoms with van der Waals surface area (Å²) in [7, 11) is 0. The zero-order valence-electron chi connectivity index (χ0n) is 9.80. The molecule has 2 aromatic heterocycles. The highest BCUT2D eigenvalue weighted by Crippen LogP contribution is 2.20. The summed E-state index contributed by atoms with van der Waals surface area (Å²) in [6.07, 6.45) is 1.94. The fraction of sp³-hybridized carbons (Fsp3) is 0.455. The van der Waals surface area contributed by atoms with Crippen molar-refractivity contribution in [2.24, 2.45) is 0 Å². The first-order valence-electron chi connectivity index (χ1n) is 5.08. The van der Waals surface area contributed by atoms with Gasteiger partial charge in [0.05, 0.1) is 11.4 Å². The second-order valence-electron chi connectivity index (χ2n) is 3.14. The molecule has 2 rings (SSSR count). The van der Waals surface area contributed by atoms with Gasteiger partial charge in [-0.1, -0.05) is 25.4 Å². The lowest BCUT2D eigenvalue weighted by Gasteiger charge is -2.00. The van der Waals surface area contributed by atoms with Crippen LogP contribution in [0.4, 0.5) is 0 Å². The van der Waals surface area contributed by atoms with Gasteiger partial charge < -0.3 is 0 Å². The van der Waals surface area contributed by atoms with E-state index in [4.69, 9.17) is 11.6 Å². The average molecular weight is 226 g/mol. The first-order chi connectivity index (χ1) is 7.09. The molecule has 0 saturated carbocycles. The smallest absolute Gasteiger partial charge is 0.155 e. The van der Waals surface area contributed by atoms with Crippen LogP contribution in [-0.4, -0.2) is 14.4 Å². The fourth-order valence-corrected chi connectivity index (χ4v) is 1.88. The number of aryl methyl sites for hydroxylation is 3. The van der Waals surface area contributed by atoms with E-state index in [1.807, 2.05) is 45.2 Å². The predicted molar refractivity (Wildman–Crippen MR) is 63.6 cm³/mol. The molecule has 82 valence electrons. The van der Waals surface area contributed by atoms with Crippen LogP contribution in [0.25, 0.3) is 5.52 Å². The quantitative estimate of drug-likeness (QED) is 0.689. The van der Waals surface area contributed by atoms with Crippen molar-refractivity contribution in [1.82, 2.24) is 14.4 Å². The Morgan fingerprint density at radius 3 is 2.33 bits per heavy atom. The number of rotatable bonds is 0. The van der Waals surface area contributed by atoms with Crippen LogP contribution in [0, 0.1) is 20.8 Å². The summed E-state index contributed by atoms with van der Waals surface area (Å²) in [5, 5.41) is 0.526. The molecule has 0 saturated heterocycles. The van der Waals surface area contributed by atoms with Crippen molar-refractivity contribution in [2.45, 2.75) is 34.6 Å². The largest absolute Gasteiger partial charge is 0.299 e. The van der Waals surface area contributed by atoms with Crippen LogP contribution in [0.3, 0.4) is 0 Å². The van der Waals surface area contributed by atoms with Crippen LogP contribution in [0.15, 0.2) is 6.20 Å². The topological polar surface area (TPSA) is 30.2 Å². The third-order valence-electron chi connectivity index (χ3n) is 2.05. The van der Waals surface area contributed by atoms with E-state index in [9.17, 15) is 0 Å². The molecule has 0 amide bonds. The number of aromatic nitrogens is 3. The van der Waals surface area contributed by atoms with E-state index in [-0.39, 0.29) is 0 Å². The van der Waals surface area contributed by atoms with Crippen molar-refractivity contribution >= 4 is 17.1 Å². The summed E-state index contributed by atoms with van der Waals surface area (Å²) in [6.45, 7) is 9.81. The van der Waals surface area contributed by atoms with Crippen LogP contribution >= 0.6 is 11.6 Å². The molecular formula is C11H16ClN3. The molecule has 0 spiro atoms. The highest BCUT2D eigenvalue weighted by molar-refractivity contribution is 6.32. The molecule has 0 aromatic carbocycles. The Labute approximate surface area is 95.1 Å². The SMILES string of the molecule is CC.Cc1cn2c(C)nc(C)c2c(Cl)n1. The van der Waals surface area contributed by atoms with E-state index in [2.05, 4.69) is 9.97 Å². The molecule has 0 aliphatic heterocycles. The van der Waals surface area contributed by atoms with Gasteiger partial charge in [-0.2, -0.15) is 0 Å². The monoisotopic (exact) mass is 225 g/mol. The van der Waals surface area contributed by atoms with Gasteiger partial charge in [-0.05, 0) is 20.8 Å². The first-order valence-corrected chi connectivity index (χ1v) is 5.46. The van der Waals surface area contributed by atoms with Gasteiger partial charge in [0, 0.05) is 6.20 Å². The number of nitrogens with zero attached hydrogens (tertiary/aromatic N) is 3. The maximum absolute atomic E-state index is 6.01. The Balaban J connectivity index is 0.000000531. The molecule has 3 nitrogen and oxygen atoms in total. The Morgan fingerprint density at radius 2 is 1.73 bits per heavy atom. The lowest BCUT2D eigenvalue weighted by atomic mass is 10.4. The highest BCUT2D eigenvalue weighted by Gasteiger charge is 2.09. The molecule has 0 unspecified atom stereocenters. The number of halogens is 1. The molecular weight excluding hydrogens is 210 g/mol. The van der Waals surface area contributed by atoms with Gasteiger partial charge >= 0.3 is 0 Å². The minimum absolute atomic E-state index is 0.526. The Hall–Kier alpha value is -1.09. The second kappa shape index (κ2) is 4.62. The van der Waals surface area contributed by atoms with Crippen LogP contribution in [-0.2, 0) is 0 Å². The molecule has 0 N–H and O–H groups in total. The molecule has 0 aliphatic carbocycles. The Bertz CT molecular complexity index is 474. The summed E-state index contributed by atoms with van der Waals surface area (Å²) in [5.41, 5.74) is 2.73. The van der Waals surface area contributed by atoms with Gasteiger partial charge in [-0.15, -0.1) is 0 Å². The summed E-state index contributed by atoms with van der Waals surface area (Å²) in [4.78, 5) is 8.51. The third-order valence-corrected chi connectivity index (χ3v) is 2.31. The van der Waals surface area contributed by atoms with Gasteiger partial charge in [-0.25, -0.2) is 9.97 Å². The van der Waals surface area contributed by atoms with Crippen molar-refractivity contribution in [3.63, 3.8) is 0 Å². The van der Waals surface area contributed by atoms with Gasteiger partial charge in [-0.3, -0.25) is 4.40 Å². The molecule has 4 heteroatoms. The summed E-state index contributed by atoms with van der Waals surface area (Å²) in [5.74, 6) is 0.944. The minimum Gasteiger partial charge on any atom is -0.299 e. The van der Waals surface area contributed by atoms with Crippen LogP contribution in [0.2, 0.25) is 5.15 Å². The minimum atomic E-state index is 0.526. The van der Waals surface area contributed by atoms with Crippen molar-refractivity contribution in [3.05, 3.63) is 28.6 Å². The summed E-state index contributed by atoms with van der Waals surface area (Å²) in [6, 6.07) is 0. The van der Waals surface area contributed by atoms with E-state index >= 15 is 0 Å². The van der Waals surface area contributed by atoms with Crippen molar-refractivity contribution in [3.8, 4) is 0 Å². The van der Waals surface area contributed by atoms with Crippen LogP contribution in [0.1, 0.15) is 31.1 Å². The van der Waals surface area contributed by atoms with Gasteiger partial charge in [0.25, 0.3) is 0 Å². The Kier molecular flexibility index (Phi) is 3.69. The maximum Gasteiger partial charge on any atom is 0.155 e. The van der Waals surface area contributed by atoms with E-state index < -0.39 is 0 Å². The van der Waals surface area contributed by atoms with Crippen molar-refractivity contribution in [1.29, 1.82) is 0 Å². The van der Waals surface area contributed by atoms with E-state index in [1.165, 1.54) is 0 Å². The number of imidazole rings is 1. The third kappa shape index (κ3) is 2.12. The lowest BCUT2D eigenvalue weighted by Crippen LogP contribution is -1.93. The number of hydrogen-bond acceptors (Lipinski definition) is 2. The predicted octanol–water partition coefficient (Wildman–Crippen LogP) is 3.33. The number of fused-ring (bicyclic) bond motifs is 1. The van der Waals surface area contributed by atoms with Crippen molar-refractivity contribution < 1.29 is 0 Å². The molecule has 0 atom stereocenters. The molecule has 2 aromatic rings. The van der Waals surface area contributed by atoms with Gasteiger partial charge in [0.1, 0.15) is 11.3 Å². The van der Waals surface area contributed by atoms with E-state index in [0.29, 0.717) is 5.15 Å². The first kappa shape index (κ1) is 12.0. The second-order valence-corrected chi connectivity index (χ2v) is 3.49. The molecule has 2 heterocycles. The van der Waals surface area contributed by atoms with Crippen molar-refractivity contribution in [2.75, 3.05) is 0 Å². The summed E-state index contributed by atoms with van der Waals surface area (Å²) >= 11 is 6.01. The standard InChI is InChI=1S/C9H10ClN3.C2H6/c1-5-4-13-7(3)12-6(2)8(13)9(10)11-5;1-2/h4H,1-3H3;1-2H3. The zero-order valence-corrected chi connectivity index (χ0v) is 10.6. The average Bonchev–Trinajstić information content (AvgIpc) is 2.45. The van der Waals surface area contributed by atoms with Gasteiger partial charge in [0.15, 0.2) is 5.15 Å². The molecule has 0 aliphatic rings. The summed E-state index contributed by atoms with van der Waals surface area (Å²) < 4.78 is 1.97. The molecule has 15 heavy (non-hydrogen) atoms. The zero-order chi connectivity index (χ0) is 11.6. The normalized spacial score (nSPS) is 10.0. The maximum atomic E-state index is 6.01. The lowest BCUT2D eigenvalue weighted by molar-refractivity contribution is 1.00.